The lowest BCUT2D eigenvalue weighted by Crippen LogP contribution is -2.26. The molecule has 0 saturated carbocycles. The van der Waals surface area contributed by atoms with E-state index >= 15 is 0 Å². The molecule has 2 heterocycles. The molecule has 3 rings (SSSR count). The van der Waals surface area contributed by atoms with Crippen LogP contribution < -0.4 is 9.75 Å². The molecule has 1 aliphatic heterocycles. The number of ether oxygens (including phenoxy) is 1. The fourth-order valence-corrected chi connectivity index (χ4v) is 3.25. The summed E-state index contributed by atoms with van der Waals surface area (Å²) in [4.78, 5) is 16.9. The van der Waals surface area contributed by atoms with Gasteiger partial charge in [-0.25, -0.2) is 4.98 Å². The van der Waals surface area contributed by atoms with Crippen molar-refractivity contribution in [3.05, 3.63) is 29.6 Å². The highest BCUT2D eigenvalue weighted by Crippen LogP contribution is 2.32. The number of carbonyl (C=O) groups excluding carboxylic acids is 1. The van der Waals surface area contributed by atoms with Crippen LogP contribution in [0.4, 0.5) is 5.13 Å². The number of methoxy groups -OCH3 is 1. The molecule has 0 N–H and O–H groups in total. The van der Waals surface area contributed by atoms with E-state index in [1.165, 1.54) is 16.3 Å². The molecule has 22 heavy (non-hydrogen) atoms. The van der Waals surface area contributed by atoms with Gasteiger partial charge in [0, 0.05) is 16.7 Å². The first-order chi connectivity index (χ1) is 10.6. The summed E-state index contributed by atoms with van der Waals surface area (Å²) in [7, 11) is 1.64. The quantitative estimate of drug-likeness (QED) is 0.866. The van der Waals surface area contributed by atoms with E-state index in [4.69, 9.17) is 4.74 Å². The molecule has 0 aliphatic carbocycles. The lowest BCUT2D eigenvalue weighted by Gasteiger charge is -2.09. The number of nitrogens with zero attached hydrogens (tertiary/aromatic N) is 3. The highest BCUT2D eigenvalue weighted by molar-refractivity contribution is 7.14. The van der Waals surface area contributed by atoms with Crippen molar-refractivity contribution < 1.29 is 9.53 Å². The standard InChI is InChI=1S/C16H17N3O2S/c1-4-13-10(2)18-19(15(13)20)16-17-14(9-22-16)11-5-7-12(21-3)8-6-11/h5-9,13H,4H2,1-3H3. The van der Waals surface area contributed by atoms with E-state index in [1.54, 1.807) is 7.11 Å². The molecule has 6 heteroatoms. The fraction of sp³-hybridized carbons (Fsp3) is 0.312. The fourth-order valence-electron chi connectivity index (χ4n) is 2.47. The molecule has 1 unspecified atom stereocenters. The van der Waals surface area contributed by atoms with Crippen LogP contribution in [0.2, 0.25) is 0 Å². The third-order valence-electron chi connectivity index (χ3n) is 3.74. The number of rotatable bonds is 4. The first-order valence-electron chi connectivity index (χ1n) is 7.13. The molecule has 0 radical (unpaired) electrons. The van der Waals surface area contributed by atoms with Gasteiger partial charge in [-0.1, -0.05) is 6.92 Å². The van der Waals surface area contributed by atoms with Gasteiger partial charge in [0.25, 0.3) is 5.91 Å². The largest absolute Gasteiger partial charge is 0.497 e. The molecule has 0 bridgehead atoms. The van der Waals surface area contributed by atoms with E-state index in [2.05, 4.69) is 10.1 Å². The predicted molar refractivity (Wildman–Crippen MR) is 88.5 cm³/mol. The van der Waals surface area contributed by atoms with Crippen LogP contribution in [0.15, 0.2) is 34.7 Å². The van der Waals surface area contributed by atoms with Crippen LogP contribution in [0.1, 0.15) is 20.3 Å². The second-order valence-electron chi connectivity index (χ2n) is 5.10. The monoisotopic (exact) mass is 315 g/mol. The molecule has 114 valence electrons. The molecule has 0 spiro atoms. The number of anilines is 1. The van der Waals surface area contributed by atoms with Crippen molar-refractivity contribution in [1.29, 1.82) is 0 Å². The van der Waals surface area contributed by atoms with Crippen LogP contribution in [-0.4, -0.2) is 23.7 Å². The minimum Gasteiger partial charge on any atom is -0.497 e. The van der Waals surface area contributed by atoms with Crippen molar-refractivity contribution in [3.63, 3.8) is 0 Å². The number of benzene rings is 1. The first kappa shape index (κ1) is 14.7. The molecular weight excluding hydrogens is 298 g/mol. The lowest BCUT2D eigenvalue weighted by atomic mass is 10.0. The Kier molecular flexibility index (Phi) is 3.94. The zero-order valence-corrected chi connectivity index (χ0v) is 13.6. The second kappa shape index (κ2) is 5.88. The number of aromatic nitrogens is 1. The Labute approximate surface area is 133 Å². The predicted octanol–water partition coefficient (Wildman–Crippen LogP) is 3.57. The molecule has 2 aromatic rings. The van der Waals surface area contributed by atoms with E-state index in [0.717, 1.165) is 29.1 Å². The van der Waals surface area contributed by atoms with Crippen LogP contribution in [0.5, 0.6) is 5.75 Å². The van der Waals surface area contributed by atoms with Crippen molar-refractivity contribution >= 4 is 28.1 Å². The Morgan fingerprint density at radius 3 is 2.64 bits per heavy atom. The molecular formula is C16H17N3O2S. The van der Waals surface area contributed by atoms with Gasteiger partial charge in [-0.2, -0.15) is 10.1 Å². The normalized spacial score (nSPS) is 17.8. The number of amides is 1. The van der Waals surface area contributed by atoms with Gasteiger partial charge in [0.15, 0.2) is 0 Å². The van der Waals surface area contributed by atoms with Gasteiger partial charge in [-0.3, -0.25) is 4.79 Å². The van der Waals surface area contributed by atoms with Crippen molar-refractivity contribution in [2.45, 2.75) is 20.3 Å². The third-order valence-corrected chi connectivity index (χ3v) is 4.55. The summed E-state index contributed by atoms with van der Waals surface area (Å²) in [5.74, 6) is 0.698. The summed E-state index contributed by atoms with van der Waals surface area (Å²) in [6.07, 6.45) is 0.765. The Morgan fingerprint density at radius 2 is 2.05 bits per heavy atom. The number of carbonyl (C=O) groups is 1. The zero-order valence-electron chi connectivity index (χ0n) is 12.7. The number of hydrogen-bond donors (Lipinski definition) is 0. The molecule has 0 saturated heterocycles. The Balaban J connectivity index is 1.86. The number of thiazole rings is 1. The number of hydrogen-bond acceptors (Lipinski definition) is 5. The summed E-state index contributed by atoms with van der Waals surface area (Å²) < 4.78 is 5.15. The second-order valence-corrected chi connectivity index (χ2v) is 5.93. The van der Waals surface area contributed by atoms with Gasteiger partial charge in [-0.15, -0.1) is 11.3 Å². The van der Waals surface area contributed by atoms with Gasteiger partial charge >= 0.3 is 0 Å². The average molecular weight is 315 g/mol. The average Bonchev–Trinajstić information content (AvgIpc) is 3.12. The Bertz CT molecular complexity index is 721. The molecule has 1 aliphatic rings. The maximum absolute atomic E-state index is 12.3. The van der Waals surface area contributed by atoms with E-state index in [0.29, 0.717) is 5.13 Å². The van der Waals surface area contributed by atoms with Crippen LogP contribution in [0, 0.1) is 5.92 Å². The van der Waals surface area contributed by atoms with Crippen molar-refractivity contribution in [3.8, 4) is 17.0 Å². The maximum atomic E-state index is 12.3. The highest BCUT2D eigenvalue weighted by atomic mass is 32.1. The summed E-state index contributed by atoms with van der Waals surface area (Å²) in [6.45, 7) is 3.89. The van der Waals surface area contributed by atoms with Crippen molar-refractivity contribution in [1.82, 2.24) is 4.98 Å². The Hall–Kier alpha value is -2.21. The van der Waals surface area contributed by atoms with E-state index in [-0.39, 0.29) is 11.8 Å². The molecule has 5 nitrogen and oxygen atoms in total. The summed E-state index contributed by atoms with van der Waals surface area (Å²) in [5.41, 5.74) is 2.68. The van der Waals surface area contributed by atoms with Gasteiger partial charge in [0.2, 0.25) is 5.13 Å². The van der Waals surface area contributed by atoms with E-state index in [9.17, 15) is 4.79 Å². The van der Waals surface area contributed by atoms with Crippen LogP contribution in [-0.2, 0) is 4.79 Å². The molecule has 0 fully saturated rings. The highest BCUT2D eigenvalue weighted by Gasteiger charge is 2.34. The molecule has 1 aromatic heterocycles. The molecule has 1 aromatic carbocycles. The number of hydrazone groups is 1. The summed E-state index contributed by atoms with van der Waals surface area (Å²) in [6, 6.07) is 7.69. The van der Waals surface area contributed by atoms with Crippen molar-refractivity contribution in [2.75, 3.05) is 12.1 Å². The Morgan fingerprint density at radius 1 is 1.32 bits per heavy atom. The van der Waals surface area contributed by atoms with E-state index in [1.807, 2.05) is 43.5 Å². The third kappa shape index (κ3) is 2.50. The maximum Gasteiger partial charge on any atom is 0.258 e. The molecule has 1 amide bonds. The minimum atomic E-state index is -0.117. The van der Waals surface area contributed by atoms with E-state index < -0.39 is 0 Å². The lowest BCUT2D eigenvalue weighted by molar-refractivity contribution is -0.119. The topological polar surface area (TPSA) is 54.8 Å². The van der Waals surface area contributed by atoms with Crippen LogP contribution >= 0.6 is 11.3 Å². The molecule has 1 atom stereocenters. The summed E-state index contributed by atoms with van der Waals surface area (Å²) >= 11 is 1.43. The zero-order chi connectivity index (χ0) is 15.7. The van der Waals surface area contributed by atoms with Gasteiger partial charge < -0.3 is 4.74 Å². The van der Waals surface area contributed by atoms with Crippen LogP contribution in [0.25, 0.3) is 11.3 Å². The SMILES string of the molecule is CCC1C(=O)N(c2nc(-c3ccc(OC)cc3)cs2)N=C1C. The smallest absolute Gasteiger partial charge is 0.258 e. The van der Waals surface area contributed by atoms with Crippen molar-refractivity contribution in [2.24, 2.45) is 11.0 Å². The minimum absolute atomic E-state index is 0.00984. The van der Waals surface area contributed by atoms with Crippen LogP contribution in [0.3, 0.4) is 0 Å². The van der Waals surface area contributed by atoms with Gasteiger partial charge in [0.05, 0.1) is 18.7 Å². The summed E-state index contributed by atoms with van der Waals surface area (Å²) in [5, 5.41) is 8.34. The first-order valence-corrected chi connectivity index (χ1v) is 8.01. The van der Waals surface area contributed by atoms with Gasteiger partial charge in [-0.05, 0) is 37.6 Å². The van der Waals surface area contributed by atoms with Gasteiger partial charge in [0.1, 0.15) is 5.75 Å².